The average molecular weight is 405 g/mol. The standard InChI is InChI=1S/C21H32N4O4/c1-21(2,3)29-19(26)15-24-10-8-23(9-11-24)13-18-14-25(20(27)28-18)17-6-4-16(12-22)5-7-17/h4-7,18H,8-15,22H2,1-3H3. The number of cyclic esters (lactones) is 1. The molecule has 0 saturated carbocycles. The Bertz CT molecular complexity index is 708. The van der Waals surface area contributed by atoms with Crippen molar-refractivity contribution in [3.8, 4) is 0 Å². The first kappa shape index (κ1) is 21.5. The number of anilines is 1. The summed E-state index contributed by atoms with van der Waals surface area (Å²) in [5.74, 6) is -0.188. The number of nitrogens with zero attached hydrogens (tertiary/aromatic N) is 3. The van der Waals surface area contributed by atoms with Crippen LogP contribution in [0.4, 0.5) is 10.5 Å². The Labute approximate surface area is 172 Å². The second-order valence-corrected chi connectivity index (χ2v) is 8.65. The molecule has 2 aliphatic heterocycles. The van der Waals surface area contributed by atoms with Crippen molar-refractivity contribution < 1.29 is 19.1 Å². The highest BCUT2D eigenvalue weighted by Crippen LogP contribution is 2.23. The van der Waals surface area contributed by atoms with E-state index in [0.717, 1.165) is 37.4 Å². The summed E-state index contributed by atoms with van der Waals surface area (Å²) in [6.45, 7) is 10.9. The molecule has 1 aromatic carbocycles. The number of benzene rings is 1. The van der Waals surface area contributed by atoms with E-state index in [1.807, 2.05) is 45.0 Å². The molecule has 2 saturated heterocycles. The topological polar surface area (TPSA) is 88.3 Å². The number of piperazine rings is 1. The lowest BCUT2D eigenvalue weighted by Crippen LogP contribution is -2.50. The van der Waals surface area contributed by atoms with Gasteiger partial charge in [0.05, 0.1) is 13.1 Å². The van der Waals surface area contributed by atoms with Gasteiger partial charge in [-0.05, 0) is 38.5 Å². The van der Waals surface area contributed by atoms with Crippen LogP contribution in [0.25, 0.3) is 0 Å². The summed E-state index contributed by atoms with van der Waals surface area (Å²) in [5.41, 5.74) is 7.03. The van der Waals surface area contributed by atoms with Crippen LogP contribution in [0.5, 0.6) is 0 Å². The van der Waals surface area contributed by atoms with Crippen molar-refractivity contribution in [1.29, 1.82) is 0 Å². The van der Waals surface area contributed by atoms with E-state index in [2.05, 4.69) is 9.80 Å². The van der Waals surface area contributed by atoms with Gasteiger partial charge in [0.25, 0.3) is 0 Å². The highest BCUT2D eigenvalue weighted by molar-refractivity contribution is 5.89. The van der Waals surface area contributed by atoms with Gasteiger partial charge in [-0.15, -0.1) is 0 Å². The highest BCUT2D eigenvalue weighted by atomic mass is 16.6. The fourth-order valence-corrected chi connectivity index (χ4v) is 3.61. The first-order valence-electron chi connectivity index (χ1n) is 10.2. The predicted molar refractivity (Wildman–Crippen MR) is 111 cm³/mol. The molecule has 0 bridgehead atoms. The van der Waals surface area contributed by atoms with Gasteiger partial charge in [-0.25, -0.2) is 4.79 Å². The van der Waals surface area contributed by atoms with Gasteiger partial charge in [0.2, 0.25) is 0 Å². The van der Waals surface area contributed by atoms with Gasteiger partial charge in [-0.2, -0.15) is 0 Å². The van der Waals surface area contributed by atoms with Gasteiger partial charge in [-0.3, -0.25) is 19.5 Å². The molecule has 2 N–H and O–H groups in total. The molecule has 0 aromatic heterocycles. The number of rotatable bonds is 6. The van der Waals surface area contributed by atoms with Crippen LogP contribution < -0.4 is 10.6 Å². The molecule has 8 nitrogen and oxygen atoms in total. The molecule has 1 amide bonds. The Morgan fingerprint density at radius 1 is 1.14 bits per heavy atom. The average Bonchev–Trinajstić information content (AvgIpc) is 3.02. The smallest absolute Gasteiger partial charge is 0.414 e. The number of carbonyl (C=O) groups excluding carboxylic acids is 2. The number of nitrogens with two attached hydrogens (primary N) is 1. The summed E-state index contributed by atoms with van der Waals surface area (Å²) < 4.78 is 11.0. The molecule has 160 valence electrons. The third-order valence-electron chi connectivity index (χ3n) is 5.06. The van der Waals surface area contributed by atoms with Crippen LogP contribution in [-0.2, 0) is 20.8 Å². The van der Waals surface area contributed by atoms with Gasteiger partial charge in [-0.1, -0.05) is 12.1 Å². The maximum Gasteiger partial charge on any atom is 0.414 e. The van der Waals surface area contributed by atoms with Crippen LogP contribution in [-0.4, -0.2) is 79.4 Å². The van der Waals surface area contributed by atoms with Crippen molar-refractivity contribution in [2.75, 3.05) is 50.7 Å². The van der Waals surface area contributed by atoms with Crippen molar-refractivity contribution in [3.63, 3.8) is 0 Å². The minimum atomic E-state index is -0.457. The monoisotopic (exact) mass is 404 g/mol. The van der Waals surface area contributed by atoms with Gasteiger partial charge in [0, 0.05) is 45.0 Å². The van der Waals surface area contributed by atoms with Crippen LogP contribution in [0.2, 0.25) is 0 Å². The van der Waals surface area contributed by atoms with Crippen LogP contribution in [0.1, 0.15) is 26.3 Å². The minimum Gasteiger partial charge on any atom is -0.459 e. The van der Waals surface area contributed by atoms with Gasteiger partial charge >= 0.3 is 12.1 Å². The third-order valence-corrected chi connectivity index (χ3v) is 5.06. The van der Waals surface area contributed by atoms with Crippen molar-refractivity contribution in [2.24, 2.45) is 5.73 Å². The fraction of sp³-hybridized carbons (Fsp3) is 0.619. The van der Waals surface area contributed by atoms with E-state index >= 15 is 0 Å². The van der Waals surface area contributed by atoms with Gasteiger partial charge < -0.3 is 15.2 Å². The van der Waals surface area contributed by atoms with Crippen LogP contribution in [0.15, 0.2) is 24.3 Å². The maximum absolute atomic E-state index is 12.3. The lowest BCUT2D eigenvalue weighted by Gasteiger charge is -2.35. The zero-order valence-corrected chi connectivity index (χ0v) is 17.6. The first-order chi connectivity index (χ1) is 13.7. The third kappa shape index (κ3) is 6.16. The lowest BCUT2D eigenvalue weighted by molar-refractivity contribution is -0.156. The molecular weight excluding hydrogens is 372 g/mol. The molecular formula is C21H32N4O4. The maximum atomic E-state index is 12.3. The van der Waals surface area contributed by atoms with E-state index < -0.39 is 5.60 Å². The number of esters is 1. The number of carbonyl (C=O) groups is 2. The van der Waals surface area contributed by atoms with E-state index in [-0.39, 0.29) is 18.2 Å². The molecule has 0 radical (unpaired) electrons. The zero-order chi connectivity index (χ0) is 21.0. The number of hydrogen-bond acceptors (Lipinski definition) is 7. The molecule has 2 fully saturated rings. The number of amides is 1. The van der Waals surface area contributed by atoms with Crippen LogP contribution in [0, 0.1) is 0 Å². The molecule has 1 unspecified atom stereocenters. The van der Waals surface area contributed by atoms with Gasteiger partial charge in [0.15, 0.2) is 0 Å². The Kier molecular flexibility index (Phi) is 6.77. The summed E-state index contributed by atoms with van der Waals surface area (Å²) >= 11 is 0. The summed E-state index contributed by atoms with van der Waals surface area (Å²) in [5, 5.41) is 0. The number of hydrogen-bond donors (Lipinski definition) is 1. The summed E-state index contributed by atoms with van der Waals surface area (Å²) in [6.07, 6.45) is -0.465. The molecule has 0 aliphatic carbocycles. The Balaban J connectivity index is 1.44. The van der Waals surface area contributed by atoms with Crippen molar-refractivity contribution in [3.05, 3.63) is 29.8 Å². The number of ether oxygens (including phenoxy) is 2. The second-order valence-electron chi connectivity index (χ2n) is 8.65. The Morgan fingerprint density at radius 2 is 1.76 bits per heavy atom. The SMILES string of the molecule is CC(C)(C)OC(=O)CN1CCN(CC2CN(c3ccc(CN)cc3)C(=O)O2)CC1. The van der Waals surface area contributed by atoms with E-state index in [9.17, 15) is 9.59 Å². The van der Waals surface area contributed by atoms with E-state index in [1.165, 1.54) is 0 Å². The first-order valence-corrected chi connectivity index (χ1v) is 10.2. The molecule has 1 aromatic rings. The Morgan fingerprint density at radius 3 is 2.34 bits per heavy atom. The normalized spacial score (nSPS) is 21.3. The summed E-state index contributed by atoms with van der Waals surface area (Å²) in [7, 11) is 0. The molecule has 0 spiro atoms. The summed E-state index contributed by atoms with van der Waals surface area (Å²) in [6, 6.07) is 7.67. The van der Waals surface area contributed by atoms with Crippen molar-refractivity contribution in [2.45, 2.75) is 39.0 Å². The van der Waals surface area contributed by atoms with Gasteiger partial charge in [0.1, 0.15) is 11.7 Å². The summed E-state index contributed by atoms with van der Waals surface area (Å²) in [4.78, 5) is 30.3. The molecule has 3 rings (SSSR count). The van der Waals surface area contributed by atoms with Crippen LogP contribution in [0.3, 0.4) is 0 Å². The largest absolute Gasteiger partial charge is 0.459 e. The second kappa shape index (κ2) is 9.11. The van der Waals surface area contributed by atoms with Crippen LogP contribution >= 0.6 is 0 Å². The van der Waals surface area contributed by atoms with E-state index in [0.29, 0.717) is 26.2 Å². The lowest BCUT2D eigenvalue weighted by atomic mass is 10.2. The zero-order valence-electron chi connectivity index (χ0n) is 17.6. The van der Waals surface area contributed by atoms with E-state index in [1.54, 1.807) is 4.90 Å². The highest BCUT2D eigenvalue weighted by Gasteiger charge is 2.34. The quantitative estimate of drug-likeness (QED) is 0.718. The molecule has 2 aliphatic rings. The molecule has 8 heteroatoms. The molecule has 29 heavy (non-hydrogen) atoms. The van der Waals surface area contributed by atoms with E-state index in [4.69, 9.17) is 15.2 Å². The molecule has 1 atom stereocenters. The minimum absolute atomic E-state index is 0.158. The molecule has 2 heterocycles. The fourth-order valence-electron chi connectivity index (χ4n) is 3.61. The predicted octanol–water partition coefficient (Wildman–Crippen LogP) is 1.43. The van der Waals surface area contributed by atoms with Crippen molar-refractivity contribution in [1.82, 2.24) is 9.80 Å². The van der Waals surface area contributed by atoms with Crippen molar-refractivity contribution >= 4 is 17.7 Å². The Hall–Kier alpha value is -2.16.